The van der Waals surface area contributed by atoms with Crippen LogP contribution in [0.3, 0.4) is 0 Å². The molecule has 0 saturated heterocycles. The van der Waals surface area contributed by atoms with Crippen molar-refractivity contribution in [2.45, 2.75) is 6.92 Å². The van der Waals surface area contributed by atoms with Crippen molar-refractivity contribution in [3.63, 3.8) is 0 Å². The monoisotopic (exact) mass is 615 g/mol. The zero-order valence-electron chi connectivity index (χ0n) is 23.1. The lowest BCUT2D eigenvalue weighted by Crippen LogP contribution is -2.68. The minimum atomic E-state index is -4.94. The van der Waals surface area contributed by atoms with Gasteiger partial charge in [-0.1, -0.05) is 84.4 Å². The number of benzene rings is 5. The average molecular weight is 616 g/mol. The van der Waals surface area contributed by atoms with Crippen LogP contribution >= 0.6 is 7.26 Å². The largest absolute Gasteiger partial charge is 0.292 e. The molecule has 0 radical (unpaired) electrons. The van der Waals surface area contributed by atoms with Crippen LogP contribution in [0.4, 0.5) is 4.39 Å². The van der Waals surface area contributed by atoms with Crippen molar-refractivity contribution < 1.29 is 38.1 Å². The first-order chi connectivity index (χ1) is 20.6. The Labute approximate surface area is 252 Å². The van der Waals surface area contributed by atoms with Crippen LogP contribution in [-0.2, 0) is 0 Å². The topological polar surface area (TPSA) is 121 Å². The number of hydrogen-bond donors (Lipinski definition) is 1. The molecule has 0 aliphatic rings. The number of carbonyl (C=O) groups excluding carboxylic acids is 1. The summed E-state index contributed by atoms with van der Waals surface area (Å²) >= 11 is 0. The molecule has 5 rings (SSSR count). The summed E-state index contributed by atoms with van der Waals surface area (Å²) in [7, 11) is -7.53. The second-order valence-electron chi connectivity index (χ2n) is 9.46. The lowest BCUT2D eigenvalue weighted by molar-refractivity contribution is -2.00. The van der Waals surface area contributed by atoms with Crippen LogP contribution in [0.15, 0.2) is 145 Å². The van der Waals surface area contributed by atoms with Gasteiger partial charge in [0.1, 0.15) is 21.7 Å². The van der Waals surface area contributed by atoms with Crippen molar-refractivity contribution >= 4 is 35.2 Å². The Bertz CT molecular complexity index is 1540. The molecule has 5 aromatic rings. The Morgan fingerprint density at radius 3 is 1.44 bits per heavy atom. The van der Waals surface area contributed by atoms with Crippen LogP contribution in [0.5, 0.6) is 0 Å². The number of aryl methyl sites for hydroxylation is 1. The third kappa shape index (κ3) is 8.43. The minimum absolute atomic E-state index is 0.189. The van der Waals surface area contributed by atoms with Gasteiger partial charge in [0.15, 0.2) is 12.7 Å². The molecular formula is C34H28ClFNO5P. The fourth-order valence-electron chi connectivity index (χ4n) is 4.65. The van der Waals surface area contributed by atoms with E-state index < -0.39 is 17.5 Å². The number of nitrogens with one attached hydrogen (secondary N) is 1. The van der Waals surface area contributed by atoms with E-state index in [0.29, 0.717) is 5.56 Å². The molecule has 0 unspecified atom stereocenters. The normalized spacial score (nSPS) is 11.7. The number of carbonyl (C=O) groups is 1. The number of halogens is 2. The van der Waals surface area contributed by atoms with Crippen molar-refractivity contribution in [2.24, 2.45) is 0 Å². The lowest BCUT2D eigenvalue weighted by atomic mass is 10.1. The van der Waals surface area contributed by atoms with Crippen molar-refractivity contribution in [1.29, 1.82) is 0 Å². The highest BCUT2D eigenvalue weighted by molar-refractivity contribution is 7.99. The maximum absolute atomic E-state index is 13.8. The predicted molar refractivity (Wildman–Crippen MR) is 158 cm³/mol. The van der Waals surface area contributed by atoms with E-state index in [4.69, 9.17) is 18.6 Å². The van der Waals surface area contributed by atoms with Crippen LogP contribution < -0.4 is 39.9 Å². The number of hydrogen-bond acceptors (Lipinski definition) is 5. The lowest BCUT2D eigenvalue weighted by Gasteiger charge is -2.29. The molecule has 0 aromatic heterocycles. The van der Waals surface area contributed by atoms with Gasteiger partial charge in [-0.2, -0.15) is 0 Å². The molecule has 0 aliphatic carbocycles. The van der Waals surface area contributed by atoms with Crippen LogP contribution in [0, 0.1) is 23.0 Å². The Kier molecular flexibility index (Phi) is 10.6. The quantitative estimate of drug-likeness (QED) is 0.281. The second-order valence-corrected chi connectivity index (χ2v) is 13.6. The smallest absolute Gasteiger partial charge is 0.258 e. The second kappa shape index (κ2) is 14.3. The van der Waals surface area contributed by atoms with Crippen molar-refractivity contribution in [3.05, 3.63) is 167 Å². The van der Waals surface area contributed by atoms with Crippen molar-refractivity contribution in [2.75, 3.05) is 0 Å². The summed E-state index contributed by atoms with van der Waals surface area (Å²) in [6.45, 7) is 2.00. The highest BCUT2D eigenvalue weighted by atomic mass is 35.7. The summed E-state index contributed by atoms with van der Waals surface area (Å²) in [5.74, 6) is -0.492. The van der Waals surface area contributed by atoms with Gasteiger partial charge >= 0.3 is 0 Å². The van der Waals surface area contributed by atoms with Gasteiger partial charge in [-0.15, -0.1) is 10.2 Å². The predicted octanol–water partition coefficient (Wildman–Crippen LogP) is 2.10. The molecule has 0 atom stereocenters. The zero-order valence-corrected chi connectivity index (χ0v) is 24.8. The standard InChI is InChI=1S/C34H27FNOP.ClHO4/c1-26-17-21-28(22-18-26)34(37)36-33(25-27-19-23-29(35)24-20-27)38(30-11-5-2-6-12-30,31-13-7-3-8-14-31)32-15-9-4-10-16-32;2-1(3,4)5/h2-25H,1H3;(H,2,3,4,5). The van der Waals surface area contributed by atoms with Gasteiger partial charge in [0.25, 0.3) is 5.91 Å². The van der Waals surface area contributed by atoms with Gasteiger partial charge in [-0.05, 0) is 73.2 Å². The molecule has 0 spiro atoms. The van der Waals surface area contributed by atoms with E-state index in [-0.39, 0.29) is 11.7 Å². The van der Waals surface area contributed by atoms with E-state index in [2.05, 4.69) is 41.7 Å². The van der Waals surface area contributed by atoms with Crippen molar-refractivity contribution in [1.82, 2.24) is 5.32 Å². The van der Waals surface area contributed by atoms with Gasteiger partial charge in [0.05, 0.1) is 0 Å². The van der Waals surface area contributed by atoms with Gasteiger partial charge in [0, 0.05) is 11.6 Å². The summed E-state index contributed by atoms with van der Waals surface area (Å²) in [4.78, 5) is 13.8. The molecule has 0 aliphatic heterocycles. The summed E-state index contributed by atoms with van der Waals surface area (Å²) in [5, 5.41) is 6.65. The highest BCUT2D eigenvalue weighted by Gasteiger charge is 2.50. The zero-order chi connectivity index (χ0) is 30.9. The summed E-state index contributed by atoms with van der Waals surface area (Å²) in [6, 6.07) is 44.9. The maximum Gasteiger partial charge on any atom is 0.258 e. The molecule has 5 aromatic carbocycles. The molecule has 1 N–H and O–H groups in total. The third-order valence-electron chi connectivity index (χ3n) is 6.52. The molecule has 0 saturated carbocycles. The molecule has 0 heterocycles. The maximum atomic E-state index is 13.8. The van der Waals surface area contributed by atoms with E-state index in [9.17, 15) is 9.18 Å². The molecule has 0 fully saturated rings. The van der Waals surface area contributed by atoms with Crippen LogP contribution in [0.2, 0.25) is 0 Å². The van der Waals surface area contributed by atoms with Crippen LogP contribution in [0.1, 0.15) is 21.5 Å². The van der Waals surface area contributed by atoms with Gasteiger partial charge in [-0.25, -0.2) is 23.0 Å². The Hall–Kier alpha value is -4.20. The van der Waals surface area contributed by atoms with E-state index in [0.717, 1.165) is 32.5 Å². The van der Waals surface area contributed by atoms with E-state index in [1.165, 1.54) is 12.1 Å². The SMILES string of the molecule is Cc1ccc(C(=O)NC(=Cc2ccc(F)cc2)[P+](c2ccccc2)(c2ccccc2)c2ccccc2)cc1.[O-][Cl+3]([O-])([O-])[O-]. The first kappa shape index (κ1) is 31.7. The fourth-order valence-corrected chi connectivity index (χ4v) is 8.85. The fraction of sp³-hybridized carbons (Fsp3) is 0.0294. The summed E-state index contributed by atoms with van der Waals surface area (Å²) in [6.07, 6.45) is 1.99. The summed E-state index contributed by atoms with van der Waals surface area (Å²) < 4.78 is 47.8. The number of amides is 1. The molecule has 218 valence electrons. The number of rotatable bonds is 7. The van der Waals surface area contributed by atoms with Crippen LogP contribution in [-0.4, -0.2) is 5.91 Å². The molecular weight excluding hydrogens is 588 g/mol. The Morgan fingerprint density at radius 1 is 0.651 bits per heavy atom. The molecule has 6 nitrogen and oxygen atoms in total. The average Bonchev–Trinajstić information content (AvgIpc) is 3.00. The highest BCUT2D eigenvalue weighted by Crippen LogP contribution is 2.61. The van der Waals surface area contributed by atoms with E-state index in [1.807, 2.05) is 91.9 Å². The van der Waals surface area contributed by atoms with Gasteiger partial charge in [-0.3, -0.25) is 10.1 Å². The molecule has 0 bridgehead atoms. The Morgan fingerprint density at radius 2 is 1.05 bits per heavy atom. The first-order valence-corrected chi connectivity index (χ1v) is 16.1. The third-order valence-corrected chi connectivity index (χ3v) is 10.7. The molecule has 9 heteroatoms. The van der Waals surface area contributed by atoms with Gasteiger partial charge in [0.2, 0.25) is 0 Å². The van der Waals surface area contributed by atoms with E-state index in [1.54, 1.807) is 12.1 Å². The minimum Gasteiger partial charge on any atom is -0.292 e. The van der Waals surface area contributed by atoms with Crippen LogP contribution in [0.25, 0.3) is 6.08 Å². The van der Waals surface area contributed by atoms with Crippen molar-refractivity contribution in [3.8, 4) is 0 Å². The first-order valence-electron chi connectivity index (χ1n) is 13.1. The van der Waals surface area contributed by atoms with Gasteiger partial charge < -0.3 is 0 Å². The summed E-state index contributed by atoms with van der Waals surface area (Å²) in [5.41, 5.74) is 3.24. The molecule has 1 amide bonds. The van der Waals surface area contributed by atoms with E-state index >= 15 is 0 Å². The Balaban J connectivity index is 0.000000782. The molecule has 43 heavy (non-hydrogen) atoms.